The van der Waals surface area contributed by atoms with Crippen LogP contribution in [0.25, 0.3) is 0 Å². The van der Waals surface area contributed by atoms with Gasteiger partial charge in [0.1, 0.15) is 0 Å². The summed E-state index contributed by atoms with van der Waals surface area (Å²) in [4.78, 5) is 10.9. The molecule has 2 aromatic carbocycles. The van der Waals surface area contributed by atoms with Crippen molar-refractivity contribution in [2.24, 2.45) is 0 Å². The summed E-state index contributed by atoms with van der Waals surface area (Å²) in [5.74, 6) is -1.01. The summed E-state index contributed by atoms with van der Waals surface area (Å²) in [6.07, 6.45) is 0.903. The third-order valence-electron chi connectivity index (χ3n) is 3.02. The van der Waals surface area contributed by atoms with Crippen LogP contribution in [0.2, 0.25) is 5.02 Å². The third-order valence-corrected chi connectivity index (χ3v) is 3.34. The maximum atomic E-state index is 10.9. The van der Waals surface area contributed by atoms with Gasteiger partial charge in [-0.1, -0.05) is 41.4 Å². The summed E-state index contributed by atoms with van der Waals surface area (Å²) in [6.45, 7) is 2.84. The van der Waals surface area contributed by atoms with Crippen LogP contribution in [0, 0.1) is 6.92 Å². The van der Waals surface area contributed by atoms with E-state index >= 15 is 0 Å². The topological polar surface area (TPSA) is 49.3 Å². The molecule has 0 aliphatic heterocycles. The number of anilines is 1. The molecule has 0 aliphatic carbocycles. The minimum Gasteiger partial charge on any atom is -0.478 e. The molecule has 0 heterocycles. The van der Waals surface area contributed by atoms with Crippen LogP contribution < -0.4 is 5.32 Å². The van der Waals surface area contributed by atoms with E-state index in [4.69, 9.17) is 16.7 Å². The van der Waals surface area contributed by atoms with Crippen LogP contribution in [0.15, 0.2) is 42.5 Å². The number of carboxylic acids is 1. The van der Waals surface area contributed by atoms with Crippen molar-refractivity contribution in [3.05, 3.63) is 64.2 Å². The van der Waals surface area contributed by atoms with Crippen molar-refractivity contribution in [3.8, 4) is 0 Å². The maximum Gasteiger partial charge on any atom is 0.337 e. The minimum atomic E-state index is -1.01. The van der Waals surface area contributed by atoms with Gasteiger partial charge in [0, 0.05) is 12.2 Å². The average molecular weight is 290 g/mol. The van der Waals surface area contributed by atoms with Crippen molar-refractivity contribution in [1.29, 1.82) is 0 Å². The van der Waals surface area contributed by atoms with Crippen molar-refractivity contribution in [3.63, 3.8) is 0 Å². The van der Waals surface area contributed by atoms with Gasteiger partial charge < -0.3 is 10.4 Å². The quantitative estimate of drug-likeness (QED) is 0.874. The summed E-state index contributed by atoms with van der Waals surface area (Å²) < 4.78 is 0. The zero-order valence-electron chi connectivity index (χ0n) is 11.2. The summed E-state index contributed by atoms with van der Waals surface area (Å²) in [5, 5.41) is 12.4. The zero-order valence-corrected chi connectivity index (χ0v) is 11.9. The molecule has 0 spiro atoms. The highest BCUT2D eigenvalue weighted by Crippen LogP contribution is 2.21. The van der Waals surface area contributed by atoms with Crippen molar-refractivity contribution >= 4 is 23.3 Å². The Morgan fingerprint density at radius 3 is 2.70 bits per heavy atom. The highest BCUT2D eigenvalue weighted by molar-refractivity contribution is 6.33. The number of hydrogen-bond donors (Lipinski definition) is 2. The SMILES string of the molecule is Cc1cccc(CCNc2ccc(C(=O)O)c(Cl)c2)c1. The Balaban J connectivity index is 1.94. The van der Waals surface area contributed by atoms with Crippen LogP contribution >= 0.6 is 11.6 Å². The molecule has 2 aromatic rings. The molecule has 104 valence electrons. The Labute approximate surface area is 123 Å². The molecule has 2 rings (SSSR count). The van der Waals surface area contributed by atoms with E-state index in [9.17, 15) is 4.79 Å². The van der Waals surface area contributed by atoms with E-state index in [1.54, 1.807) is 12.1 Å². The highest BCUT2D eigenvalue weighted by atomic mass is 35.5. The number of halogens is 1. The molecular weight excluding hydrogens is 274 g/mol. The Hall–Kier alpha value is -2.00. The number of hydrogen-bond acceptors (Lipinski definition) is 2. The molecule has 0 saturated heterocycles. The maximum absolute atomic E-state index is 10.9. The van der Waals surface area contributed by atoms with Crippen molar-refractivity contribution in [2.75, 3.05) is 11.9 Å². The Morgan fingerprint density at radius 2 is 2.05 bits per heavy atom. The Bertz CT molecular complexity index is 626. The van der Waals surface area contributed by atoms with Gasteiger partial charge in [0.05, 0.1) is 10.6 Å². The number of carboxylic acid groups (broad SMARTS) is 1. The van der Waals surface area contributed by atoms with Crippen molar-refractivity contribution in [1.82, 2.24) is 0 Å². The van der Waals surface area contributed by atoms with E-state index in [2.05, 4.69) is 30.4 Å². The molecule has 0 amide bonds. The monoisotopic (exact) mass is 289 g/mol. The first-order valence-electron chi connectivity index (χ1n) is 6.38. The van der Waals surface area contributed by atoms with E-state index in [1.165, 1.54) is 17.2 Å². The summed E-state index contributed by atoms with van der Waals surface area (Å²) >= 11 is 5.92. The van der Waals surface area contributed by atoms with Crippen LogP contribution in [-0.4, -0.2) is 17.6 Å². The predicted molar refractivity (Wildman–Crippen MR) is 81.8 cm³/mol. The Kier molecular flexibility index (Phi) is 4.64. The molecular formula is C16H16ClNO2. The third kappa shape index (κ3) is 3.75. The summed E-state index contributed by atoms with van der Waals surface area (Å²) in [7, 11) is 0. The molecule has 0 atom stereocenters. The van der Waals surface area contributed by atoms with Gasteiger partial charge in [0.15, 0.2) is 0 Å². The normalized spacial score (nSPS) is 10.3. The lowest BCUT2D eigenvalue weighted by atomic mass is 10.1. The van der Waals surface area contributed by atoms with Crippen LogP contribution in [0.1, 0.15) is 21.5 Å². The van der Waals surface area contributed by atoms with Gasteiger partial charge in [-0.3, -0.25) is 0 Å². The molecule has 2 N–H and O–H groups in total. The molecule has 0 radical (unpaired) electrons. The van der Waals surface area contributed by atoms with Crippen molar-refractivity contribution in [2.45, 2.75) is 13.3 Å². The smallest absolute Gasteiger partial charge is 0.337 e. The van der Waals surface area contributed by atoms with E-state index in [1.807, 2.05) is 6.07 Å². The van der Waals surface area contributed by atoms with Crippen molar-refractivity contribution < 1.29 is 9.90 Å². The standard InChI is InChI=1S/C16H16ClNO2/c1-11-3-2-4-12(9-11)7-8-18-13-5-6-14(16(19)20)15(17)10-13/h2-6,9-10,18H,7-8H2,1H3,(H,19,20). The number of carbonyl (C=O) groups is 1. The second kappa shape index (κ2) is 6.44. The average Bonchev–Trinajstić information content (AvgIpc) is 2.38. The van der Waals surface area contributed by atoms with Gasteiger partial charge in [0.25, 0.3) is 0 Å². The largest absolute Gasteiger partial charge is 0.478 e. The van der Waals surface area contributed by atoms with Crippen LogP contribution in [0.3, 0.4) is 0 Å². The van der Waals surface area contributed by atoms with E-state index in [0.717, 1.165) is 18.7 Å². The lowest BCUT2D eigenvalue weighted by Gasteiger charge is -2.08. The van der Waals surface area contributed by atoms with E-state index < -0.39 is 5.97 Å². The van der Waals surface area contributed by atoms with E-state index in [0.29, 0.717) is 0 Å². The molecule has 0 aromatic heterocycles. The molecule has 0 aliphatic rings. The van der Waals surface area contributed by atoms with Crippen LogP contribution in [-0.2, 0) is 6.42 Å². The zero-order chi connectivity index (χ0) is 14.5. The first-order chi connectivity index (χ1) is 9.56. The van der Waals surface area contributed by atoms with Gasteiger partial charge in [-0.15, -0.1) is 0 Å². The summed E-state index contributed by atoms with van der Waals surface area (Å²) in [6, 6.07) is 13.2. The van der Waals surface area contributed by atoms with E-state index in [-0.39, 0.29) is 10.6 Å². The van der Waals surface area contributed by atoms with Crippen LogP contribution in [0.5, 0.6) is 0 Å². The first-order valence-corrected chi connectivity index (χ1v) is 6.76. The molecule has 4 heteroatoms. The predicted octanol–water partition coefficient (Wildman–Crippen LogP) is 4.00. The molecule has 0 unspecified atom stereocenters. The second-order valence-electron chi connectivity index (χ2n) is 4.67. The van der Waals surface area contributed by atoms with Gasteiger partial charge in [-0.2, -0.15) is 0 Å². The molecule has 3 nitrogen and oxygen atoms in total. The fourth-order valence-corrected chi connectivity index (χ4v) is 2.28. The molecule has 0 bridgehead atoms. The fourth-order valence-electron chi connectivity index (χ4n) is 2.02. The number of nitrogens with one attached hydrogen (secondary N) is 1. The molecule has 0 saturated carbocycles. The van der Waals surface area contributed by atoms with Gasteiger partial charge >= 0.3 is 5.97 Å². The first kappa shape index (κ1) is 14.4. The number of aromatic carboxylic acids is 1. The van der Waals surface area contributed by atoms with Crippen LogP contribution in [0.4, 0.5) is 5.69 Å². The lowest BCUT2D eigenvalue weighted by Crippen LogP contribution is -2.06. The van der Waals surface area contributed by atoms with Gasteiger partial charge in [-0.05, 0) is 37.1 Å². The van der Waals surface area contributed by atoms with Gasteiger partial charge in [-0.25, -0.2) is 4.79 Å². The summed E-state index contributed by atoms with van der Waals surface area (Å²) in [5.41, 5.74) is 3.46. The molecule has 20 heavy (non-hydrogen) atoms. The Morgan fingerprint density at radius 1 is 1.25 bits per heavy atom. The minimum absolute atomic E-state index is 0.121. The molecule has 0 fully saturated rings. The number of benzene rings is 2. The number of aryl methyl sites for hydroxylation is 1. The fraction of sp³-hybridized carbons (Fsp3) is 0.188. The highest BCUT2D eigenvalue weighted by Gasteiger charge is 2.08. The van der Waals surface area contributed by atoms with Gasteiger partial charge in [0.2, 0.25) is 0 Å². The number of rotatable bonds is 5. The lowest BCUT2D eigenvalue weighted by molar-refractivity contribution is 0.0697. The second-order valence-corrected chi connectivity index (χ2v) is 5.07.